The van der Waals surface area contributed by atoms with Gasteiger partial charge in [-0.25, -0.2) is 9.37 Å². The molecule has 26 heavy (non-hydrogen) atoms. The summed E-state index contributed by atoms with van der Waals surface area (Å²) < 4.78 is 18.5. The number of ether oxygens (including phenoxy) is 1. The second kappa shape index (κ2) is 8.33. The van der Waals surface area contributed by atoms with Gasteiger partial charge in [0, 0.05) is 10.6 Å². The second-order valence-electron chi connectivity index (χ2n) is 5.48. The van der Waals surface area contributed by atoms with E-state index in [2.05, 4.69) is 15.2 Å². The number of carbonyl (C=O) groups excluding carboxylic acids is 1. The van der Waals surface area contributed by atoms with Crippen LogP contribution in [0.4, 0.5) is 4.39 Å². The molecule has 1 heterocycles. The molecule has 0 amide bonds. The Kier molecular flexibility index (Phi) is 5.90. The van der Waals surface area contributed by atoms with E-state index in [1.165, 1.54) is 36.0 Å². The summed E-state index contributed by atoms with van der Waals surface area (Å²) in [5.74, 6) is 0.913. The lowest BCUT2D eigenvalue weighted by Gasteiger charge is -2.05. The first-order valence-corrected chi connectivity index (χ1v) is 9.09. The van der Waals surface area contributed by atoms with Crippen molar-refractivity contribution in [2.24, 2.45) is 0 Å². The standard InChI is InChI=1S/C18H15ClFN3O2S/c1-11-8-14(6-7-15(11)19)25-9-17-21-18(23-22-17)26-10-16(24)12-2-4-13(20)5-3-12/h2-8H,9-10H2,1H3,(H,21,22,23). The predicted molar refractivity (Wildman–Crippen MR) is 98.4 cm³/mol. The maximum Gasteiger partial charge on any atom is 0.208 e. The molecule has 1 aromatic heterocycles. The van der Waals surface area contributed by atoms with Crippen molar-refractivity contribution in [1.29, 1.82) is 0 Å². The van der Waals surface area contributed by atoms with Gasteiger partial charge in [0.05, 0.1) is 5.75 Å². The molecule has 0 bridgehead atoms. The van der Waals surface area contributed by atoms with Gasteiger partial charge in [0.1, 0.15) is 18.2 Å². The summed E-state index contributed by atoms with van der Waals surface area (Å²) >= 11 is 7.19. The fraction of sp³-hybridized carbons (Fsp3) is 0.167. The number of carbonyl (C=O) groups is 1. The normalized spacial score (nSPS) is 10.7. The number of halogens is 2. The van der Waals surface area contributed by atoms with Gasteiger partial charge in [0.15, 0.2) is 11.6 Å². The van der Waals surface area contributed by atoms with Gasteiger partial charge in [-0.2, -0.15) is 0 Å². The molecule has 0 unspecified atom stereocenters. The van der Waals surface area contributed by atoms with Crippen LogP contribution in [0.15, 0.2) is 47.6 Å². The highest BCUT2D eigenvalue weighted by Crippen LogP contribution is 2.22. The minimum absolute atomic E-state index is 0.116. The number of aryl methyl sites for hydroxylation is 1. The third-order valence-corrected chi connectivity index (χ3v) is 4.79. The number of rotatable bonds is 7. The van der Waals surface area contributed by atoms with Crippen LogP contribution < -0.4 is 4.74 Å². The zero-order valence-corrected chi connectivity index (χ0v) is 15.4. The van der Waals surface area contributed by atoms with Gasteiger partial charge < -0.3 is 4.74 Å². The smallest absolute Gasteiger partial charge is 0.208 e. The molecule has 0 atom stereocenters. The average molecular weight is 392 g/mol. The number of Topliss-reactive ketones (excluding diaryl/α,β-unsaturated/α-hetero) is 1. The molecule has 8 heteroatoms. The maximum absolute atomic E-state index is 12.9. The quantitative estimate of drug-likeness (QED) is 0.475. The summed E-state index contributed by atoms with van der Waals surface area (Å²) in [6, 6.07) is 10.8. The van der Waals surface area contributed by atoms with Crippen molar-refractivity contribution < 1.29 is 13.9 Å². The molecular weight excluding hydrogens is 377 g/mol. The van der Waals surface area contributed by atoms with Crippen LogP contribution >= 0.6 is 23.4 Å². The number of aromatic nitrogens is 3. The monoisotopic (exact) mass is 391 g/mol. The molecule has 0 spiro atoms. The summed E-state index contributed by atoms with van der Waals surface area (Å²) in [4.78, 5) is 16.3. The Morgan fingerprint density at radius 2 is 2.04 bits per heavy atom. The predicted octanol–water partition coefficient (Wildman–Crippen LogP) is 4.46. The van der Waals surface area contributed by atoms with E-state index < -0.39 is 0 Å². The molecule has 0 saturated heterocycles. The molecule has 0 saturated carbocycles. The van der Waals surface area contributed by atoms with Crippen molar-refractivity contribution in [1.82, 2.24) is 15.2 Å². The highest BCUT2D eigenvalue weighted by molar-refractivity contribution is 7.99. The van der Waals surface area contributed by atoms with Crippen LogP contribution in [0.25, 0.3) is 0 Å². The van der Waals surface area contributed by atoms with Crippen LogP contribution in [0, 0.1) is 12.7 Å². The first-order chi connectivity index (χ1) is 12.5. The lowest BCUT2D eigenvalue weighted by molar-refractivity contribution is 0.102. The second-order valence-corrected chi connectivity index (χ2v) is 6.83. The van der Waals surface area contributed by atoms with Gasteiger partial charge in [-0.05, 0) is 55.0 Å². The van der Waals surface area contributed by atoms with Crippen molar-refractivity contribution in [2.75, 3.05) is 5.75 Å². The molecular formula is C18H15ClFN3O2S. The molecule has 0 aliphatic heterocycles. The van der Waals surface area contributed by atoms with E-state index in [0.29, 0.717) is 27.3 Å². The number of nitrogens with one attached hydrogen (secondary N) is 1. The van der Waals surface area contributed by atoms with Gasteiger partial charge in [0.2, 0.25) is 5.16 Å². The lowest BCUT2D eigenvalue weighted by atomic mass is 10.1. The Balaban J connectivity index is 1.52. The van der Waals surface area contributed by atoms with Crippen LogP contribution in [0.5, 0.6) is 5.75 Å². The third-order valence-electron chi connectivity index (χ3n) is 3.51. The molecule has 0 radical (unpaired) electrons. The van der Waals surface area contributed by atoms with Crippen molar-refractivity contribution in [3.63, 3.8) is 0 Å². The molecule has 3 aromatic rings. The van der Waals surface area contributed by atoms with Crippen molar-refractivity contribution >= 4 is 29.1 Å². The number of nitrogens with zero attached hydrogens (tertiary/aromatic N) is 2. The van der Waals surface area contributed by atoms with E-state index in [1.807, 2.05) is 13.0 Å². The van der Waals surface area contributed by atoms with Gasteiger partial charge in [-0.1, -0.05) is 23.4 Å². The third kappa shape index (κ3) is 4.83. The highest BCUT2D eigenvalue weighted by atomic mass is 35.5. The van der Waals surface area contributed by atoms with Crippen LogP contribution in [0.2, 0.25) is 5.02 Å². The molecule has 0 fully saturated rings. The first-order valence-electron chi connectivity index (χ1n) is 7.73. The molecule has 134 valence electrons. The summed E-state index contributed by atoms with van der Waals surface area (Å²) in [5, 5.41) is 7.96. The molecule has 2 aromatic carbocycles. The maximum atomic E-state index is 12.9. The van der Waals surface area contributed by atoms with E-state index in [1.54, 1.807) is 12.1 Å². The topological polar surface area (TPSA) is 67.9 Å². The Bertz CT molecular complexity index is 915. The highest BCUT2D eigenvalue weighted by Gasteiger charge is 2.10. The summed E-state index contributed by atoms with van der Waals surface area (Å²) in [6.45, 7) is 2.12. The number of hydrogen-bond acceptors (Lipinski definition) is 5. The molecule has 0 aliphatic carbocycles. The summed E-state index contributed by atoms with van der Waals surface area (Å²) in [7, 11) is 0. The lowest BCUT2D eigenvalue weighted by Crippen LogP contribution is -2.02. The first kappa shape index (κ1) is 18.4. The fourth-order valence-electron chi connectivity index (χ4n) is 2.11. The van der Waals surface area contributed by atoms with Gasteiger partial charge in [-0.3, -0.25) is 9.89 Å². The zero-order chi connectivity index (χ0) is 18.5. The molecule has 0 aliphatic rings. The average Bonchev–Trinajstić information content (AvgIpc) is 3.09. The number of H-pyrrole nitrogens is 1. The Morgan fingerprint density at radius 1 is 1.27 bits per heavy atom. The number of benzene rings is 2. The Hall–Kier alpha value is -2.38. The number of ketones is 1. The van der Waals surface area contributed by atoms with Crippen LogP contribution in [0.3, 0.4) is 0 Å². The van der Waals surface area contributed by atoms with E-state index in [9.17, 15) is 9.18 Å². The van der Waals surface area contributed by atoms with Gasteiger partial charge in [0.25, 0.3) is 0 Å². The van der Waals surface area contributed by atoms with Crippen molar-refractivity contribution in [3.05, 3.63) is 70.3 Å². The van der Waals surface area contributed by atoms with Crippen molar-refractivity contribution in [2.45, 2.75) is 18.7 Å². The molecule has 1 N–H and O–H groups in total. The van der Waals surface area contributed by atoms with Crippen LogP contribution in [0.1, 0.15) is 21.7 Å². The van der Waals surface area contributed by atoms with E-state index >= 15 is 0 Å². The molecule has 5 nitrogen and oxygen atoms in total. The molecule has 3 rings (SSSR count). The van der Waals surface area contributed by atoms with Gasteiger partial charge >= 0.3 is 0 Å². The zero-order valence-electron chi connectivity index (χ0n) is 13.8. The Labute approximate surface area is 158 Å². The minimum atomic E-state index is -0.372. The Morgan fingerprint density at radius 3 is 2.77 bits per heavy atom. The van der Waals surface area contributed by atoms with E-state index in [-0.39, 0.29) is 24.0 Å². The van der Waals surface area contributed by atoms with Gasteiger partial charge in [-0.15, -0.1) is 5.10 Å². The summed E-state index contributed by atoms with van der Waals surface area (Å²) in [6.07, 6.45) is 0. The van der Waals surface area contributed by atoms with Crippen LogP contribution in [-0.4, -0.2) is 26.7 Å². The number of thioether (sulfide) groups is 1. The fourth-order valence-corrected chi connectivity index (χ4v) is 2.94. The van der Waals surface area contributed by atoms with Crippen LogP contribution in [-0.2, 0) is 6.61 Å². The van der Waals surface area contributed by atoms with E-state index in [4.69, 9.17) is 16.3 Å². The number of aromatic amines is 1. The SMILES string of the molecule is Cc1cc(OCc2nc(SCC(=O)c3ccc(F)cc3)n[nH]2)ccc1Cl. The van der Waals surface area contributed by atoms with E-state index in [0.717, 1.165) is 5.56 Å². The van der Waals surface area contributed by atoms with Crippen molar-refractivity contribution in [3.8, 4) is 5.75 Å². The minimum Gasteiger partial charge on any atom is -0.486 e. The largest absolute Gasteiger partial charge is 0.486 e. The number of hydrogen-bond donors (Lipinski definition) is 1. The summed E-state index contributed by atoms with van der Waals surface area (Å²) in [5.41, 5.74) is 1.38.